The van der Waals surface area contributed by atoms with Gasteiger partial charge in [-0.15, -0.1) is 6.42 Å². The molecule has 1 heterocycles. The van der Waals surface area contributed by atoms with Crippen LogP contribution in [-0.4, -0.2) is 81.1 Å². The number of aliphatic hydroxyl groups is 2. The number of carbonyl (C=O) groups is 3. The minimum Gasteiger partial charge on any atom is -0.504 e. The van der Waals surface area contributed by atoms with Crippen LogP contribution in [0, 0.1) is 12.3 Å². The molecule has 0 radical (unpaired) electrons. The third kappa shape index (κ3) is 6.81. The Morgan fingerprint density at radius 3 is 2.34 bits per heavy atom. The van der Waals surface area contributed by atoms with Gasteiger partial charge in [0.05, 0.1) is 18.7 Å². The van der Waals surface area contributed by atoms with Crippen LogP contribution in [0.15, 0.2) is 29.2 Å². The van der Waals surface area contributed by atoms with Gasteiger partial charge in [0.2, 0.25) is 17.4 Å². The summed E-state index contributed by atoms with van der Waals surface area (Å²) in [6, 6.07) is 0.827. The molecule has 0 spiro atoms. The molecule has 0 unspecified atom stereocenters. The molecule has 188 valence electrons. The van der Waals surface area contributed by atoms with E-state index in [1.54, 1.807) is 5.92 Å². The maximum absolute atomic E-state index is 12.8. The zero-order valence-electron chi connectivity index (χ0n) is 18.7. The number of hydrogen-bond acceptors (Lipinski definition) is 11. The number of benzene rings is 1. The lowest BCUT2D eigenvalue weighted by atomic mass is 9.97. The number of amides is 1. The van der Waals surface area contributed by atoms with Crippen LogP contribution in [-0.2, 0) is 25.5 Å². The van der Waals surface area contributed by atoms with Crippen LogP contribution in [0.5, 0.6) is 17.2 Å². The summed E-state index contributed by atoms with van der Waals surface area (Å²) >= 11 is 0. The van der Waals surface area contributed by atoms with Crippen molar-refractivity contribution in [3.63, 3.8) is 0 Å². The third-order valence-corrected chi connectivity index (χ3v) is 5.03. The molecule has 0 aliphatic carbocycles. The molecule has 0 saturated carbocycles. The summed E-state index contributed by atoms with van der Waals surface area (Å²) in [6.07, 6.45) is 5.73. The third-order valence-electron chi connectivity index (χ3n) is 5.03. The average molecular weight is 490 g/mol. The van der Waals surface area contributed by atoms with Gasteiger partial charge in [-0.2, -0.15) is 0 Å². The quantitative estimate of drug-likeness (QED) is 0.113. The zero-order chi connectivity index (χ0) is 26.1. The van der Waals surface area contributed by atoms with Crippen molar-refractivity contribution in [2.45, 2.75) is 19.3 Å². The molecule has 0 saturated heterocycles. The number of esters is 2. The van der Waals surface area contributed by atoms with Gasteiger partial charge in [0.1, 0.15) is 13.2 Å². The number of aliphatic hydroxyl groups excluding tert-OH is 2. The summed E-state index contributed by atoms with van der Waals surface area (Å²) in [5, 5.41) is 49.8. The standard InChI is InChI=1S/C23H26N2O10/c1-2-16(26)17(27)11-13-10-14-15(12-18(28)21(31)20(14)30)23(33)35-9-7-25(6-8-34-22(13)32)19(29)4-3-5-24/h1,11-12,26-28,30-31H,3-10,24H2/b13-11+,17-16-. The van der Waals surface area contributed by atoms with E-state index in [1.165, 1.54) is 4.90 Å². The molecule has 12 heteroatoms. The van der Waals surface area contributed by atoms with E-state index in [-0.39, 0.29) is 56.3 Å². The SMILES string of the molecule is C#C/C(O)=C(O)\C=C1/Cc2c(cc(O)c(O)c2O)C(=O)OCCN(C(=O)CCCN)CCOC1=O. The molecular formula is C23H26N2O10. The second-order valence-corrected chi connectivity index (χ2v) is 7.39. The molecular weight excluding hydrogens is 464 g/mol. The van der Waals surface area contributed by atoms with Gasteiger partial charge in [-0.1, -0.05) is 0 Å². The fourth-order valence-corrected chi connectivity index (χ4v) is 3.17. The first-order valence-corrected chi connectivity index (χ1v) is 10.5. The molecule has 1 aromatic rings. The van der Waals surface area contributed by atoms with Crippen LogP contribution in [0.1, 0.15) is 28.8 Å². The number of nitrogens with zero attached hydrogens (tertiary/aromatic N) is 1. The Kier molecular flexibility index (Phi) is 9.36. The van der Waals surface area contributed by atoms with Crippen molar-refractivity contribution in [1.82, 2.24) is 4.90 Å². The number of hydrogen-bond donors (Lipinski definition) is 6. The van der Waals surface area contributed by atoms with E-state index in [0.717, 1.165) is 12.1 Å². The molecule has 0 bridgehead atoms. The highest BCUT2D eigenvalue weighted by atomic mass is 16.5. The van der Waals surface area contributed by atoms with E-state index in [2.05, 4.69) is 0 Å². The number of aromatic hydroxyl groups is 3. The second kappa shape index (κ2) is 12.2. The first kappa shape index (κ1) is 26.9. The van der Waals surface area contributed by atoms with Crippen LogP contribution in [0.25, 0.3) is 0 Å². The zero-order valence-corrected chi connectivity index (χ0v) is 18.7. The van der Waals surface area contributed by atoms with E-state index in [0.29, 0.717) is 6.42 Å². The highest BCUT2D eigenvalue weighted by Crippen LogP contribution is 2.41. The summed E-state index contributed by atoms with van der Waals surface area (Å²) in [4.78, 5) is 39.3. The molecule has 0 aromatic heterocycles. The number of phenolic OH excluding ortho intramolecular Hbond substituents is 3. The Morgan fingerprint density at radius 1 is 1.11 bits per heavy atom. The smallest absolute Gasteiger partial charge is 0.338 e. The van der Waals surface area contributed by atoms with Gasteiger partial charge >= 0.3 is 11.9 Å². The van der Waals surface area contributed by atoms with Gasteiger partial charge in [-0.25, -0.2) is 9.59 Å². The monoisotopic (exact) mass is 490 g/mol. The number of ether oxygens (including phenoxy) is 2. The van der Waals surface area contributed by atoms with Crippen LogP contribution >= 0.6 is 0 Å². The van der Waals surface area contributed by atoms with Crippen molar-refractivity contribution < 1.29 is 49.4 Å². The first-order valence-electron chi connectivity index (χ1n) is 10.5. The Morgan fingerprint density at radius 2 is 1.74 bits per heavy atom. The number of fused-ring (bicyclic) bond motifs is 1. The number of rotatable bonds is 4. The number of terminal acetylenes is 1. The van der Waals surface area contributed by atoms with Crippen molar-refractivity contribution in [3.8, 4) is 29.6 Å². The normalized spacial score (nSPS) is 17.0. The number of phenols is 3. The number of nitrogens with two attached hydrogens (primary N) is 1. The van der Waals surface area contributed by atoms with Gasteiger partial charge in [-0.05, 0) is 31.0 Å². The Bertz CT molecular complexity index is 1100. The minimum absolute atomic E-state index is 0.0413. The Balaban J connectivity index is 2.56. The van der Waals surface area contributed by atoms with E-state index >= 15 is 0 Å². The molecule has 1 aliphatic rings. The fourth-order valence-electron chi connectivity index (χ4n) is 3.17. The molecule has 0 fully saturated rings. The summed E-state index contributed by atoms with van der Waals surface area (Å²) in [7, 11) is 0. The van der Waals surface area contributed by atoms with Crippen molar-refractivity contribution >= 4 is 17.8 Å². The summed E-state index contributed by atoms with van der Waals surface area (Å²) in [6.45, 7) is -0.331. The summed E-state index contributed by atoms with van der Waals surface area (Å²) in [5.74, 6) is -5.10. The number of allylic oxidation sites excluding steroid dienone is 2. The molecule has 0 atom stereocenters. The highest BCUT2D eigenvalue weighted by molar-refractivity contribution is 5.95. The summed E-state index contributed by atoms with van der Waals surface area (Å²) < 4.78 is 10.4. The van der Waals surface area contributed by atoms with Crippen molar-refractivity contribution in [2.24, 2.45) is 5.73 Å². The van der Waals surface area contributed by atoms with Crippen LogP contribution < -0.4 is 5.73 Å². The largest absolute Gasteiger partial charge is 0.504 e. The maximum atomic E-state index is 12.8. The van der Waals surface area contributed by atoms with E-state index in [9.17, 15) is 39.9 Å². The van der Waals surface area contributed by atoms with Crippen molar-refractivity contribution in [3.05, 3.63) is 40.4 Å². The van der Waals surface area contributed by atoms with E-state index < -0.39 is 52.7 Å². The second-order valence-electron chi connectivity index (χ2n) is 7.39. The average Bonchev–Trinajstić information content (AvgIpc) is 2.85. The molecule has 35 heavy (non-hydrogen) atoms. The van der Waals surface area contributed by atoms with E-state index in [1.807, 2.05) is 0 Å². The molecule has 12 nitrogen and oxygen atoms in total. The lowest BCUT2D eigenvalue weighted by molar-refractivity contribution is -0.142. The molecule has 1 amide bonds. The molecule has 1 aliphatic heterocycles. The number of cyclic esters (lactones) is 2. The predicted molar refractivity (Wildman–Crippen MR) is 120 cm³/mol. The van der Waals surface area contributed by atoms with Crippen molar-refractivity contribution in [1.29, 1.82) is 0 Å². The van der Waals surface area contributed by atoms with Gasteiger partial charge in [0.15, 0.2) is 17.3 Å². The van der Waals surface area contributed by atoms with Gasteiger partial charge in [0, 0.05) is 24.0 Å². The first-order chi connectivity index (χ1) is 16.6. The van der Waals surface area contributed by atoms with Crippen LogP contribution in [0.2, 0.25) is 0 Å². The summed E-state index contributed by atoms with van der Waals surface area (Å²) in [5.41, 5.74) is 4.31. The maximum Gasteiger partial charge on any atom is 0.338 e. The Labute approximate surface area is 200 Å². The molecule has 7 N–H and O–H groups in total. The van der Waals surface area contributed by atoms with Crippen LogP contribution in [0.3, 0.4) is 0 Å². The number of carbonyl (C=O) groups excluding carboxylic acids is 3. The lowest BCUT2D eigenvalue weighted by Gasteiger charge is -2.22. The highest BCUT2D eigenvalue weighted by Gasteiger charge is 2.27. The molecule has 2 rings (SSSR count). The molecule has 1 aromatic carbocycles. The fraction of sp³-hybridized carbons (Fsp3) is 0.348. The topological polar surface area (TPSA) is 200 Å². The van der Waals surface area contributed by atoms with Crippen LogP contribution in [0.4, 0.5) is 0 Å². The Hall–Kier alpha value is -4.37. The van der Waals surface area contributed by atoms with Gasteiger partial charge in [0.25, 0.3) is 0 Å². The van der Waals surface area contributed by atoms with Gasteiger partial charge < -0.3 is 45.6 Å². The predicted octanol–water partition coefficient (Wildman–Crippen LogP) is 0.514. The minimum atomic E-state index is -1.04. The van der Waals surface area contributed by atoms with Gasteiger partial charge in [-0.3, -0.25) is 4.79 Å². The lowest BCUT2D eigenvalue weighted by Crippen LogP contribution is -2.37. The van der Waals surface area contributed by atoms with E-state index in [4.69, 9.17) is 21.6 Å². The van der Waals surface area contributed by atoms with Crippen molar-refractivity contribution in [2.75, 3.05) is 32.8 Å².